The summed E-state index contributed by atoms with van der Waals surface area (Å²) in [5.41, 5.74) is 0.270. The standard InChI is InChI=1S/C19H26F3N5O/c1-12(2)15-10-14(26-27(15)18(3,4)5)17(28)24-9-8-23-16-7-6-13(11-25-16)19(20,21)22/h6-7,10-12H,8-9H2,1-5H3,(H,23,25)(H,24,28). The van der Waals surface area contributed by atoms with Crippen molar-refractivity contribution in [3.05, 3.63) is 41.3 Å². The molecular formula is C19H26F3N5O. The molecule has 0 aliphatic rings. The Morgan fingerprint density at radius 2 is 1.86 bits per heavy atom. The molecule has 2 heterocycles. The predicted octanol–water partition coefficient (Wildman–Crippen LogP) is 4.02. The summed E-state index contributed by atoms with van der Waals surface area (Å²) < 4.78 is 39.4. The Labute approximate surface area is 162 Å². The molecule has 0 bridgehead atoms. The van der Waals surface area contributed by atoms with Crippen LogP contribution in [0.25, 0.3) is 0 Å². The summed E-state index contributed by atoms with van der Waals surface area (Å²) in [6.07, 6.45) is -3.64. The van der Waals surface area contributed by atoms with E-state index in [0.29, 0.717) is 18.1 Å². The zero-order valence-electron chi connectivity index (χ0n) is 16.7. The zero-order valence-corrected chi connectivity index (χ0v) is 16.7. The van der Waals surface area contributed by atoms with Crippen molar-refractivity contribution in [2.75, 3.05) is 18.4 Å². The molecular weight excluding hydrogens is 371 g/mol. The Hall–Kier alpha value is -2.58. The minimum atomic E-state index is -4.41. The molecule has 154 valence electrons. The monoisotopic (exact) mass is 397 g/mol. The maximum absolute atomic E-state index is 12.5. The molecule has 0 saturated heterocycles. The summed E-state index contributed by atoms with van der Waals surface area (Å²) in [7, 11) is 0. The lowest BCUT2D eigenvalue weighted by Crippen LogP contribution is -2.30. The van der Waals surface area contributed by atoms with Gasteiger partial charge >= 0.3 is 6.18 Å². The fourth-order valence-electron chi connectivity index (χ4n) is 2.58. The first-order valence-corrected chi connectivity index (χ1v) is 9.05. The van der Waals surface area contributed by atoms with Gasteiger partial charge in [0, 0.05) is 25.0 Å². The van der Waals surface area contributed by atoms with Crippen molar-refractivity contribution >= 4 is 11.7 Å². The van der Waals surface area contributed by atoms with Gasteiger partial charge in [0.15, 0.2) is 0 Å². The average molecular weight is 397 g/mol. The summed E-state index contributed by atoms with van der Waals surface area (Å²) in [6.45, 7) is 10.8. The van der Waals surface area contributed by atoms with Crippen molar-refractivity contribution in [2.24, 2.45) is 0 Å². The van der Waals surface area contributed by atoms with E-state index in [1.165, 1.54) is 6.07 Å². The van der Waals surface area contributed by atoms with Crippen LogP contribution in [0.2, 0.25) is 0 Å². The van der Waals surface area contributed by atoms with Gasteiger partial charge in [-0.2, -0.15) is 18.3 Å². The van der Waals surface area contributed by atoms with E-state index in [1.54, 1.807) is 6.07 Å². The Bertz CT molecular complexity index is 804. The summed E-state index contributed by atoms with van der Waals surface area (Å²) in [6, 6.07) is 4.00. The molecule has 0 aliphatic heterocycles. The Kier molecular flexibility index (Phi) is 6.36. The molecule has 0 fully saturated rings. The summed E-state index contributed by atoms with van der Waals surface area (Å²) >= 11 is 0. The molecule has 2 aromatic heterocycles. The Morgan fingerprint density at radius 1 is 1.18 bits per heavy atom. The van der Waals surface area contributed by atoms with E-state index >= 15 is 0 Å². The predicted molar refractivity (Wildman–Crippen MR) is 101 cm³/mol. The number of pyridine rings is 1. The highest BCUT2D eigenvalue weighted by Gasteiger charge is 2.30. The minimum Gasteiger partial charge on any atom is -0.368 e. The van der Waals surface area contributed by atoms with Crippen molar-refractivity contribution in [1.82, 2.24) is 20.1 Å². The Balaban J connectivity index is 1.91. The van der Waals surface area contributed by atoms with E-state index < -0.39 is 11.7 Å². The lowest BCUT2D eigenvalue weighted by atomic mass is 10.1. The highest BCUT2D eigenvalue weighted by atomic mass is 19.4. The third-order valence-electron chi connectivity index (χ3n) is 4.00. The molecule has 0 aliphatic carbocycles. The summed E-state index contributed by atoms with van der Waals surface area (Å²) in [5.74, 6) is 0.231. The summed E-state index contributed by atoms with van der Waals surface area (Å²) in [5, 5.41) is 10.1. The van der Waals surface area contributed by atoms with Gasteiger partial charge in [-0.25, -0.2) is 4.98 Å². The van der Waals surface area contributed by atoms with Gasteiger partial charge in [-0.3, -0.25) is 9.48 Å². The van der Waals surface area contributed by atoms with Gasteiger partial charge in [-0.1, -0.05) is 13.8 Å². The second-order valence-corrected chi connectivity index (χ2v) is 7.80. The number of carbonyl (C=O) groups excluding carboxylic acids is 1. The van der Waals surface area contributed by atoms with Gasteiger partial charge in [0.25, 0.3) is 5.91 Å². The highest BCUT2D eigenvalue weighted by molar-refractivity contribution is 5.92. The molecule has 2 rings (SSSR count). The smallest absolute Gasteiger partial charge is 0.368 e. The third-order valence-corrected chi connectivity index (χ3v) is 4.00. The summed E-state index contributed by atoms with van der Waals surface area (Å²) in [4.78, 5) is 16.1. The lowest BCUT2D eigenvalue weighted by Gasteiger charge is -2.23. The molecule has 0 saturated carbocycles. The first kappa shape index (κ1) is 21.7. The molecule has 0 spiro atoms. The van der Waals surface area contributed by atoms with E-state index in [2.05, 4.69) is 20.7 Å². The van der Waals surface area contributed by atoms with Crippen molar-refractivity contribution in [3.63, 3.8) is 0 Å². The van der Waals surface area contributed by atoms with Crippen LogP contribution in [-0.4, -0.2) is 33.8 Å². The lowest BCUT2D eigenvalue weighted by molar-refractivity contribution is -0.137. The Morgan fingerprint density at radius 3 is 2.32 bits per heavy atom. The number of aromatic nitrogens is 3. The number of hydrogen-bond acceptors (Lipinski definition) is 4. The topological polar surface area (TPSA) is 71.8 Å². The largest absolute Gasteiger partial charge is 0.417 e. The van der Waals surface area contributed by atoms with Crippen LogP contribution >= 0.6 is 0 Å². The SMILES string of the molecule is CC(C)c1cc(C(=O)NCCNc2ccc(C(F)(F)F)cn2)nn1C(C)(C)C. The molecule has 28 heavy (non-hydrogen) atoms. The van der Waals surface area contributed by atoms with Crippen LogP contribution in [-0.2, 0) is 11.7 Å². The maximum Gasteiger partial charge on any atom is 0.417 e. The number of anilines is 1. The van der Waals surface area contributed by atoms with E-state index in [9.17, 15) is 18.0 Å². The number of carbonyl (C=O) groups is 1. The molecule has 0 radical (unpaired) electrons. The molecule has 0 aromatic carbocycles. The number of hydrogen-bond donors (Lipinski definition) is 2. The van der Waals surface area contributed by atoms with Gasteiger partial charge in [0.05, 0.1) is 11.1 Å². The van der Waals surface area contributed by atoms with E-state index in [-0.39, 0.29) is 23.9 Å². The fourth-order valence-corrected chi connectivity index (χ4v) is 2.58. The normalized spacial score (nSPS) is 12.3. The number of nitrogens with one attached hydrogen (secondary N) is 2. The van der Waals surface area contributed by atoms with Gasteiger partial charge in [-0.15, -0.1) is 0 Å². The third kappa shape index (κ3) is 5.46. The molecule has 9 heteroatoms. The van der Waals surface area contributed by atoms with E-state index in [1.807, 2.05) is 39.3 Å². The highest BCUT2D eigenvalue weighted by Crippen LogP contribution is 2.28. The number of alkyl halides is 3. The van der Waals surface area contributed by atoms with Gasteiger partial charge in [0.1, 0.15) is 11.5 Å². The second kappa shape index (κ2) is 8.20. The first-order valence-electron chi connectivity index (χ1n) is 9.05. The van der Waals surface area contributed by atoms with Crippen LogP contribution in [0.5, 0.6) is 0 Å². The van der Waals surface area contributed by atoms with Crippen molar-refractivity contribution in [3.8, 4) is 0 Å². The molecule has 2 N–H and O–H groups in total. The molecule has 6 nitrogen and oxygen atoms in total. The van der Waals surface area contributed by atoms with Crippen molar-refractivity contribution in [2.45, 2.75) is 52.3 Å². The molecule has 1 amide bonds. The number of amides is 1. The van der Waals surface area contributed by atoms with Crippen LogP contribution in [0.1, 0.15) is 62.3 Å². The zero-order chi connectivity index (χ0) is 21.1. The maximum atomic E-state index is 12.5. The quantitative estimate of drug-likeness (QED) is 0.723. The van der Waals surface area contributed by atoms with E-state index in [4.69, 9.17) is 0 Å². The van der Waals surface area contributed by atoms with Gasteiger partial charge in [-0.05, 0) is 44.9 Å². The molecule has 0 unspecified atom stereocenters. The van der Waals surface area contributed by atoms with Crippen LogP contribution < -0.4 is 10.6 Å². The molecule has 0 atom stereocenters. The van der Waals surface area contributed by atoms with Crippen molar-refractivity contribution in [1.29, 1.82) is 0 Å². The van der Waals surface area contributed by atoms with Crippen LogP contribution in [0.4, 0.5) is 19.0 Å². The fraction of sp³-hybridized carbons (Fsp3) is 0.526. The van der Waals surface area contributed by atoms with Gasteiger partial charge in [0.2, 0.25) is 0 Å². The second-order valence-electron chi connectivity index (χ2n) is 7.80. The first-order chi connectivity index (χ1) is 12.9. The van der Waals surface area contributed by atoms with Crippen LogP contribution in [0.15, 0.2) is 24.4 Å². The van der Waals surface area contributed by atoms with Crippen LogP contribution in [0.3, 0.4) is 0 Å². The number of nitrogens with zero attached hydrogens (tertiary/aromatic N) is 3. The van der Waals surface area contributed by atoms with Crippen LogP contribution in [0, 0.1) is 0 Å². The molecule has 2 aromatic rings. The van der Waals surface area contributed by atoms with Gasteiger partial charge < -0.3 is 10.6 Å². The van der Waals surface area contributed by atoms with Crippen molar-refractivity contribution < 1.29 is 18.0 Å². The average Bonchev–Trinajstić information content (AvgIpc) is 3.04. The number of halogens is 3. The minimum absolute atomic E-state index is 0.223. The number of rotatable bonds is 6. The van der Waals surface area contributed by atoms with E-state index in [0.717, 1.165) is 18.0 Å².